The van der Waals surface area contributed by atoms with Gasteiger partial charge in [0, 0.05) is 6.54 Å². The highest BCUT2D eigenvalue weighted by Crippen LogP contribution is 2.29. The van der Waals surface area contributed by atoms with Crippen molar-refractivity contribution in [3.8, 4) is 5.75 Å². The van der Waals surface area contributed by atoms with Gasteiger partial charge in [0.15, 0.2) is 5.82 Å². The summed E-state index contributed by atoms with van der Waals surface area (Å²) in [6.45, 7) is 2.91. The van der Waals surface area contributed by atoms with E-state index in [0.29, 0.717) is 29.6 Å². The number of rotatable bonds is 5. The van der Waals surface area contributed by atoms with Crippen molar-refractivity contribution in [1.29, 1.82) is 0 Å². The summed E-state index contributed by atoms with van der Waals surface area (Å²) in [4.78, 5) is 18.9. The molecule has 0 aliphatic carbocycles. The van der Waals surface area contributed by atoms with Gasteiger partial charge in [-0.05, 0) is 38.3 Å². The Morgan fingerprint density at radius 3 is 3.00 bits per heavy atom. The lowest BCUT2D eigenvalue weighted by atomic mass is 10.0. The third kappa shape index (κ3) is 3.87. The SMILES string of the molecule is Cc1nc([C@@H]2CCCCN2C(=O)CCOc2ccccc2Cl)n[nH]1. The molecule has 1 aliphatic rings. The van der Waals surface area contributed by atoms with Crippen LogP contribution in [-0.4, -0.2) is 39.1 Å². The van der Waals surface area contributed by atoms with Crippen molar-refractivity contribution in [1.82, 2.24) is 20.1 Å². The molecule has 1 amide bonds. The van der Waals surface area contributed by atoms with Gasteiger partial charge in [-0.2, -0.15) is 5.10 Å². The maximum absolute atomic E-state index is 12.6. The fourth-order valence-electron chi connectivity index (χ4n) is 2.96. The second-order valence-electron chi connectivity index (χ2n) is 5.91. The van der Waals surface area contributed by atoms with E-state index in [1.165, 1.54) is 0 Å². The Kier molecular flexibility index (Phi) is 5.35. The average Bonchev–Trinajstić information content (AvgIpc) is 3.03. The van der Waals surface area contributed by atoms with Crippen LogP contribution in [0.2, 0.25) is 5.02 Å². The molecule has 2 aromatic rings. The van der Waals surface area contributed by atoms with Gasteiger partial charge in [0.25, 0.3) is 0 Å². The van der Waals surface area contributed by atoms with E-state index in [0.717, 1.165) is 31.6 Å². The second-order valence-corrected chi connectivity index (χ2v) is 6.31. The number of hydrogen-bond donors (Lipinski definition) is 1. The number of hydrogen-bond acceptors (Lipinski definition) is 4. The van der Waals surface area contributed by atoms with Crippen LogP contribution in [-0.2, 0) is 4.79 Å². The zero-order valence-electron chi connectivity index (χ0n) is 13.7. The molecule has 3 rings (SSSR count). The number of benzene rings is 1. The molecular weight excluding hydrogens is 328 g/mol. The molecule has 0 radical (unpaired) electrons. The fourth-order valence-corrected chi connectivity index (χ4v) is 3.15. The highest BCUT2D eigenvalue weighted by molar-refractivity contribution is 6.32. The number of nitrogens with zero attached hydrogens (tertiary/aromatic N) is 3. The molecule has 1 aromatic heterocycles. The van der Waals surface area contributed by atoms with Crippen molar-refractivity contribution in [3.05, 3.63) is 40.9 Å². The predicted molar refractivity (Wildman–Crippen MR) is 91.0 cm³/mol. The summed E-state index contributed by atoms with van der Waals surface area (Å²) in [6, 6.07) is 7.22. The first-order chi connectivity index (χ1) is 11.6. The summed E-state index contributed by atoms with van der Waals surface area (Å²) in [7, 11) is 0. The number of para-hydroxylation sites is 1. The van der Waals surface area contributed by atoms with Gasteiger partial charge in [-0.15, -0.1) is 0 Å². The van der Waals surface area contributed by atoms with Gasteiger partial charge >= 0.3 is 0 Å². The first-order valence-electron chi connectivity index (χ1n) is 8.21. The highest BCUT2D eigenvalue weighted by Gasteiger charge is 2.30. The molecular formula is C17H21ClN4O2. The first kappa shape index (κ1) is 16.8. The van der Waals surface area contributed by atoms with Gasteiger partial charge < -0.3 is 9.64 Å². The smallest absolute Gasteiger partial charge is 0.226 e. The number of carbonyl (C=O) groups excluding carboxylic acids is 1. The Labute approximate surface area is 146 Å². The molecule has 1 aromatic carbocycles. The Hall–Kier alpha value is -2.08. The summed E-state index contributed by atoms with van der Waals surface area (Å²) in [5.74, 6) is 2.14. The number of aryl methyl sites for hydroxylation is 1. The summed E-state index contributed by atoms with van der Waals surface area (Å²) in [5, 5.41) is 7.64. The number of aromatic amines is 1. The molecule has 0 bridgehead atoms. The summed E-state index contributed by atoms with van der Waals surface area (Å²) in [6.07, 6.45) is 3.30. The van der Waals surface area contributed by atoms with Crippen molar-refractivity contribution < 1.29 is 9.53 Å². The molecule has 7 heteroatoms. The van der Waals surface area contributed by atoms with Crippen LogP contribution in [0.4, 0.5) is 0 Å². The van der Waals surface area contributed by atoms with Crippen LogP contribution < -0.4 is 4.74 Å². The second kappa shape index (κ2) is 7.66. The number of halogens is 1. The van der Waals surface area contributed by atoms with Crippen LogP contribution in [0.15, 0.2) is 24.3 Å². The van der Waals surface area contributed by atoms with Gasteiger partial charge in [-0.25, -0.2) is 4.98 Å². The minimum atomic E-state index is -0.0449. The van der Waals surface area contributed by atoms with Gasteiger partial charge in [0.1, 0.15) is 11.6 Å². The maximum Gasteiger partial charge on any atom is 0.226 e. The molecule has 0 saturated carbocycles. The van der Waals surface area contributed by atoms with E-state index in [1.807, 2.05) is 24.0 Å². The van der Waals surface area contributed by atoms with Crippen molar-refractivity contribution in [2.75, 3.05) is 13.2 Å². The van der Waals surface area contributed by atoms with Gasteiger partial charge in [0.2, 0.25) is 5.91 Å². The first-order valence-corrected chi connectivity index (χ1v) is 8.58. The Bertz CT molecular complexity index is 703. The highest BCUT2D eigenvalue weighted by atomic mass is 35.5. The number of carbonyl (C=O) groups is 1. The normalized spacial score (nSPS) is 17.8. The third-order valence-corrected chi connectivity index (χ3v) is 4.46. The molecule has 6 nitrogen and oxygen atoms in total. The Morgan fingerprint density at radius 1 is 1.42 bits per heavy atom. The number of H-pyrrole nitrogens is 1. The van der Waals surface area contributed by atoms with Crippen LogP contribution in [0.3, 0.4) is 0 Å². The van der Waals surface area contributed by atoms with Crippen LogP contribution in [0.5, 0.6) is 5.75 Å². The molecule has 1 aliphatic heterocycles. The summed E-state index contributed by atoms with van der Waals surface area (Å²) >= 11 is 6.05. The number of aromatic nitrogens is 3. The Balaban J connectivity index is 1.59. The molecule has 1 N–H and O–H groups in total. The van der Waals surface area contributed by atoms with Gasteiger partial charge in [-0.3, -0.25) is 9.89 Å². The molecule has 128 valence electrons. The van der Waals surface area contributed by atoms with Gasteiger partial charge in [0.05, 0.1) is 24.1 Å². The standard InChI is InChI=1S/C17H21ClN4O2/c1-12-19-17(21-20-12)14-7-4-5-10-22(14)16(23)9-11-24-15-8-3-2-6-13(15)18/h2-3,6,8,14H,4-5,7,9-11H2,1H3,(H,19,20,21)/t14-/m0/s1. The predicted octanol–water partition coefficient (Wildman–Crippen LogP) is 3.29. The van der Waals surface area contributed by atoms with Gasteiger partial charge in [-0.1, -0.05) is 23.7 Å². The fraction of sp³-hybridized carbons (Fsp3) is 0.471. The minimum Gasteiger partial charge on any atom is -0.491 e. The van der Waals surface area contributed by atoms with Crippen LogP contribution in [0.1, 0.15) is 43.4 Å². The van der Waals surface area contributed by atoms with Crippen molar-refractivity contribution in [2.45, 2.75) is 38.6 Å². The van der Waals surface area contributed by atoms with Crippen molar-refractivity contribution in [2.24, 2.45) is 0 Å². The molecule has 1 saturated heterocycles. The number of piperidine rings is 1. The Morgan fingerprint density at radius 2 is 2.25 bits per heavy atom. The van der Waals surface area contributed by atoms with E-state index in [4.69, 9.17) is 16.3 Å². The average molecular weight is 349 g/mol. The van der Waals surface area contributed by atoms with E-state index >= 15 is 0 Å². The van der Waals surface area contributed by atoms with Crippen molar-refractivity contribution >= 4 is 17.5 Å². The third-order valence-electron chi connectivity index (χ3n) is 4.15. The molecule has 1 fully saturated rings. The molecule has 2 heterocycles. The largest absolute Gasteiger partial charge is 0.491 e. The zero-order valence-corrected chi connectivity index (χ0v) is 14.4. The molecule has 24 heavy (non-hydrogen) atoms. The summed E-state index contributed by atoms with van der Waals surface area (Å²) < 4.78 is 5.63. The minimum absolute atomic E-state index is 0.0449. The van der Waals surface area contributed by atoms with Crippen LogP contribution in [0, 0.1) is 6.92 Å². The van der Waals surface area contributed by atoms with E-state index in [-0.39, 0.29) is 11.9 Å². The van der Waals surface area contributed by atoms with E-state index < -0.39 is 0 Å². The zero-order chi connectivity index (χ0) is 16.9. The van der Waals surface area contributed by atoms with E-state index in [2.05, 4.69) is 15.2 Å². The number of likely N-dealkylation sites (tertiary alicyclic amines) is 1. The quantitative estimate of drug-likeness (QED) is 0.900. The lowest BCUT2D eigenvalue weighted by Crippen LogP contribution is -2.39. The molecule has 0 unspecified atom stereocenters. The van der Waals surface area contributed by atoms with E-state index in [9.17, 15) is 4.79 Å². The number of ether oxygens (including phenoxy) is 1. The van der Waals surface area contributed by atoms with E-state index in [1.54, 1.807) is 12.1 Å². The monoisotopic (exact) mass is 348 g/mol. The maximum atomic E-state index is 12.6. The summed E-state index contributed by atoms with van der Waals surface area (Å²) in [5.41, 5.74) is 0. The van der Waals surface area contributed by atoms with Crippen LogP contribution in [0.25, 0.3) is 0 Å². The number of amides is 1. The van der Waals surface area contributed by atoms with Crippen LogP contribution >= 0.6 is 11.6 Å². The topological polar surface area (TPSA) is 71.1 Å². The van der Waals surface area contributed by atoms with Crippen molar-refractivity contribution in [3.63, 3.8) is 0 Å². The number of nitrogens with one attached hydrogen (secondary N) is 1. The lowest BCUT2D eigenvalue weighted by molar-refractivity contribution is -0.135. The molecule has 1 atom stereocenters. The molecule has 0 spiro atoms. The lowest BCUT2D eigenvalue weighted by Gasteiger charge is -2.34.